The summed E-state index contributed by atoms with van der Waals surface area (Å²) in [5.41, 5.74) is -3.18. The van der Waals surface area contributed by atoms with E-state index >= 15 is 0 Å². The lowest BCUT2D eigenvalue weighted by Gasteiger charge is -2.16. The number of sulfonamides is 1. The zero-order valence-electron chi connectivity index (χ0n) is 13.3. The fraction of sp³-hybridized carbons (Fsp3) is 0.250. The molecular weight excluding hydrogens is 400 g/mol. The Labute approximate surface area is 150 Å². The Morgan fingerprint density at radius 3 is 1.81 bits per heavy atom. The minimum atomic E-state index is -5.17. The summed E-state index contributed by atoms with van der Waals surface area (Å²) in [4.78, 5) is -1.20. The van der Waals surface area contributed by atoms with Crippen LogP contribution in [0, 0.1) is 0 Å². The molecule has 2 N–H and O–H groups in total. The molecule has 0 aromatic heterocycles. The molecule has 2 aromatic rings. The van der Waals surface area contributed by atoms with Gasteiger partial charge in [-0.2, -0.15) is 26.3 Å². The molecule has 1 atom stereocenters. The van der Waals surface area contributed by atoms with Crippen LogP contribution in [0.3, 0.4) is 0 Å². The van der Waals surface area contributed by atoms with Crippen molar-refractivity contribution < 1.29 is 39.9 Å². The predicted octanol–water partition coefficient (Wildman–Crippen LogP) is 3.74. The van der Waals surface area contributed by atoms with E-state index in [9.17, 15) is 39.9 Å². The number of hydrogen-bond donors (Lipinski definition) is 2. The van der Waals surface area contributed by atoms with Gasteiger partial charge < -0.3 is 5.11 Å². The molecular formula is C16H13F6NO3S. The van der Waals surface area contributed by atoms with Crippen molar-refractivity contribution >= 4 is 10.0 Å². The van der Waals surface area contributed by atoms with Gasteiger partial charge in [-0.15, -0.1) is 0 Å². The summed E-state index contributed by atoms with van der Waals surface area (Å²) in [6.07, 6.45) is -11.7. The average molecular weight is 413 g/mol. The van der Waals surface area contributed by atoms with Gasteiger partial charge in [-0.25, -0.2) is 13.1 Å². The fourth-order valence-corrected chi connectivity index (χ4v) is 3.25. The van der Waals surface area contributed by atoms with Crippen molar-refractivity contribution in [1.82, 2.24) is 4.72 Å². The number of benzene rings is 2. The summed E-state index contributed by atoms with van der Waals surface area (Å²) in [6.45, 7) is -0.635. The first-order valence-corrected chi connectivity index (χ1v) is 8.81. The average Bonchev–Trinajstić information content (AvgIpc) is 2.58. The molecule has 0 aliphatic carbocycles. The molecule has 1 unspecified atom stereocenters. The topological polar surface area (TPSA) is 66.4 Å². The highest BCUT2D eigenvalue weighted by Crippen LogP contribution is 2.37. The molecule has 0 saturated heterocycles. The van der Waals surface area contributed by atoms with Gasteiger partial charge in [0.15, 0.2) is 0 Å². The highest BCUT2D eigenvalue weighted by atomic mass is 32.2. The molecule has 2 aromatic carbocycles. The molecule has 4 nitrogen and oxygen atoms in total. The first-order chi connectivity index (χ1) is 12.3. The summed E-state index contributed by atoms with van der Waals surface area (Å²) >= 11 is 0. The Balaban J connectivity index is 2.34. The van der Waals surface area contributed by atoms with Gasteiger partial charge in [0.2, 0.25) is 10.0 Å². The first-order valence-electron chi connectivity index (χ1n) is 7.33. The van der Waals surface area contributed by atoms with E-state index in [1.54, 1.807) is 18.2 Å². The van der Waals surface area contributed by atoms with E-state index in [1.165, 1.54) is 12.1 Å². The van der Waals surface area contributed by atoms with Crippen LogP contribution in [0.25, 0.3) is 0 Å². The summed E-state index contributed by atoms with van der Waals surface area (Å²) in [6, 6.07) is 7.76. The molecule has 148 valence electrons. The van der Waals surface area contributed by atoms with Crippen LogP contribution in [0.2, 0.25) is 0 Å². The Morgan fingerprint density at radius 1 is 0.889 bits per heavy atom. The fourth-order valence-electron chi connectivity index (χ4n) is 2.15. The van der Waals surface area contributed by atoms with E-state index in [-0.39, 0.29) is 18.2 Å². The molecule has 2 rings (SSSR count). The zero-order valence-corrected chi connectivity index (χ0v) is 14.2. The number of aliphatic hydroxyl groups is 1. The van der Waals surface area contributed by atoms with Gasteiger partial charge in [-0.05, 0) is 23.8 Å². The van der Waals surface area contributed by atoms with Gasteiger partial charge in [-0.3, -0.25) is 0 Å². The lowest BCUT2D eigenvalue weighted by Crippen LogP contribution is -2.29. The zero-order chi connectivity index (χ0) is 20.5. The Hall–Kier alpha value is -2.11. The summed E-state index contributed by atoms with van der Waals surface area (Å²) in [5, 5.41) is 9.91. The van der Waals surface area contributed by atoms with E-state index in [4.69, 9.17) is 0 Å². The quantitative estimate of drug-likeness (QED) is 0.734. The van der Waals surface area contributed by atoms with Crippen LogP contribution >= 0.6 is 0 Å². The lowest BCUT2D eigenvalue weighted by atomic mass is 10.1. The minimum Gasteiger partial charge on any atom is -0.387 e. The second-order valence-corrected chi connectivity index (χ2v) is 7.29. The van der Waals surface area contributed by atoms with Crippen molar-refractivity contribution in [3.8, 4) is 0 Å². The number of aliphatic hydroxyl groups excluding tert-OH is 1. The SMILES string of the molecule is O=S(=O)(NCC(O)c1ccccc1)c1cc(C(F)(F)F)cc(C(F)(F)F)c1. The van der Waals surface area contributed by atoms with Crippen molar-refractivity contribution in [2.24, 2.45) is 0 Å². The van der Waals surface area contributed by atoms with Crippen LogP contribution in [-0.2, 0) is 22.4 Å². The van der Waals surface area contributed by atoms with Crippen LogP contribution in [0.4, 0.5) is 26.3 Å². The van der Waals surface area contributed by atoms with Crippen molar-refractivity contribution in [2.75, 3.05) is 6.54 Å². The Morgan fingerprint density at radius 2 is 1.37 bits per heavy atom. The maximum Gasteiger partial charge on any atom is 0.416 e. The van der Waals surface area contributed by atoms with Gasteiger partial charge >= 0.3 is 12.4 Å². The van der Waals surface area contributed by atoms with Gasteiger partial charge in [-0.1, -0.05) is 30.3 Å². The molecule has 0 aliphatic rings. The Kier molecular flexibility index (Phi) is 5.88. The smallest absolute Gasteiger partial charge is 0.387 e. The number of rotatable bonds is 5. The molecule has 27 heavy (non-hydrogen) atoms. The molecule has 0 bridgehead atoms. The van der Waals surface area contributed by atoms with Gasteiger partial charge in [0.05, 0.1) is 22.1 Å². The third-order valence-electron chi connectivity index (χ3n) is 3.52. The van der Waals surface area contributed by atoms with Crippen LogP contribution in [0.5, 0.6) is 0 Å². The number of halogens is 6. The van der Waals surface area contributed by atoms with Gasteiger partial charge in [0, 0.05) is 6.54 Å². The largest absolute Gasteiger partial charge is 0.416 e. The van der Waals surface area contributed by atoms with Crippen molar-refractivity contribution in [1.29, 1.82) is 0 Å². The monoisotopic (exact) mass is 413 g/mol. The van der Waals surface area contributed by atoms with Gasteiger partial charge in [0.1, 0.15) is 0 Å². The highest BCUT2D eigenvalue weighted by molar-refractivity contribution is 7.89. The summed E-state index contributed by atoms with van der Waals surface area (Å²) in [7, 11) is -4.74. The molecule has 11 heteroatoms. The predicted molar refractivity (Wildman–Crippen MR) is 83.0 cm³/mol. The second kappa shape index (κ2) is 7.49. The van der Waals surface area contributed by atoms with E-state index in [2.05, 4.69) is 0 Å². The molecule has 0 amide bonds. The van der Waals surface area contributed by atoms with Crippen LogP contribution in [0.1, 0.15) is 22.8 Å². The lowest BCUT2D eigenvalue weighted by molar-refractivity contribution is -0.143. The van der Waals surface area contributed by atoms with Crippen LogP contribution in [-0.4, -0.2) is 20.1 Å². The summed E-state index contributed by atoms with van der Waals surface area (Å²) in [5.74, 6) is 0. The molecule has 0 radical (unpaired) electrons. The maximum absolute atomic E-state index is 12.8. The molecule has 0 fully saturated rings. The van der Waals surface area contributed by atoms with Crippen molar-refractivity contribution in [2.45, 2.75) is 23.4 Å². The Bertz CT molecular complexity index is 862. The number of nitrogens with one attached hydrogen (secondary N) is 1. The van der Waals surface area contributed by atoms with Crippen LogP contribution in [0.15, 0.2) is 53.4 Å². The molecule has 0 saturated carbocycles. The van der Waals surface area contributed by atoms with E-state index in [1.807, 2.05) is 4.72 Å². The minimum absolute atomic E-state index is 0.104. The van der Waals surface area contributed by atoms with Crippen molar-refractivity contribution in [3.63, 3.8) is 0 Å². The second-order valence-electron chi connectivity index (χ2n) is 5.52. The van der Waals surface area contributed by atoms with Crippen molar-refractivity contribution in [3.05, 3.63) is 65.2 Å². The number of hydrogen-bond acceptors (Lipinski definition) is 3. The highest BCUT2D eigenvalue weighted by Gasteiger charge is 2.38. The normalized spacial score (nSPS) is 14.2. The van der Waals surface area contributed by atoms with Crippen LogP contribution < -0.4 is 4.72 Å². The third-order valence-corrected chi connectivity index (χ3v) is 4.93. The van der Waals surface area contributed by atoms with E-state index in [0.717, 1.165) is 0 Å². The standard InChI is InChI=1S/C16H13F6NO3S/c17-15(18,19)11-6-12(16(20,21)22)8-13(7-11)27(25,26)23-9-14(24)10-4-2-1-3-5-10/h1-8,14,23-24H,9H2. The van der Waals surface area contributed by atoms with E-state index in [0.29, 0.717) is 5.56 Å². The molecule has 0 spiro atoms. The first kappa shape index (κ1) is 21.2. The van der Waals surface area contributed by atoms with Gasteiger partial charge in [0.25, 0.3) is 0 Å². The number of alkyl halides is 6. The van der Waals surface area contributed by atoms with E-state index < -0.39 is 51.0 Å². The maximum atomic E-state index is 12.8. The summed E-state index contributed by atoms with van der Waals surface area (Å²) < 4.78 is 103. The third kappa shape index (κ3) is 5.44. The molecule has 0 heterocycles. The molecule has 0 aliphatic heterocycles.